The fourth-order valence-electron chi connectivity index (χ4n) is 9.38. The Morgan fingerprint density at radius 2 is 1.81 bits per heavy atom. The maximum absolute atomic E-state index is 15.0. The van der Waals surface area contributed by atoms with Gasteiger partial charge in [0.15, 0.2) is 0 Å². The third-order valence-corrected chi connectivity index (χ3v) is 15.3. The number of pyridine rings is 1. The summed E-state index contributed by atoms with van der Waals surface area (Å²) in [6.07, 6.45) is 9.94. The van der Waals surface area contributed by atoms with Gasteiger partial charge in [-0.15, -0.1) is 0 Å². The van der Waals surface area contributed by atoms with Crippen LogP contribution in [0.1, 0.15) is 110 Å². The molecule has 3 aliphatic heterocycles. The second-order valence-corrected chi connectivity index (χ2v) is 21.4. The number of para-hydroxylation sites is 1. The normalized spacial score (nSPS) is 28.6. The molecule has 13 heteroatoms. The third kappa shape index (κ3) is 8.15. The number of carbonyl (C=O) groups is 4. The van der Waals surface area contributed by atoms with Gasteiger partial charge in [-0.3, -0.25) is 23.9 Å². The van der Waals surface area contributed by atoms with Crippen LogP contribution in [0.3, 0.4) is 0 Å². The van der Waals surface area contributed by atoms with Gasteiger partial charge < -0.3 is 15.0 Å². The van der Waals surface area contributed by atoms with E-state index < -0.39 is 61.4 Å². The molecule has 2 N–H and O–H groups in total. The number of allylic oxidation sites excluding steroid dienone is 1. The molecule has 0 unspecified atom stereocenters. The molecule has 3 amide bonds. The number of Topliss-reactive ketones (excluding diaryl/α,β-unsaturated/α-hetero) is 1. The molecule has 3 fully saturated rings. The molecule has 2 aromatic carbocycles. The van der Waals surface area contributed by atoms with E-state index in [4.69, 9.17) is 9.72 Å². The molecule has 314 valence electrons. The summed E-state index contributed by atoms with van der Waals surface area (Å²) < 4.78 is 49.6. The van der Waals surface area contributed by atoms with E-state index >= 15 is 4.79 Å². The van der Waals surface area contributed by atoms with Crippen LogP contribution in [0.25, 0.3) is 22.2 Å². The zero-order chi connectivity index (χ0) is 42.0. The molecule has 8 rings (SSSR count). The summed E-state index contributed by atoms with van der Waals surface area (Å²) in [5, 5.41) is 3.88. The van der Waals surface area contributed by atoms with E-state index in [1.807, 2.05) is 57.2 Å². The Kier molecular flexibility index (Phi) is 10.5. The lowest BCUT2D eigenvalue weighted by atomic mass is 9.85. The van der Waals surface area contributed by atoms with Crippen molar-refractivity contribution < 1.29 is 36.7 Å². The molecule has 1 saturated heterocycles. The number of carbonyl (C=O) groups excluding carboxylic acids is 4. The molecule has 0 bridgehead atoms. The minimum absolute atomic E-state index is 0.0193. The Labute approximate surface area is 346 Å². The van der Waals surface area contributed by atoms with Crippen molar-refractivity contribution in [3.63, 3.8) is 0 Å². The Morgan fingerprint density at radius 3 is 2.56 bits per heavy atom. The van der Waals surface area contributed by atoms with Crippen LogP contribution < -0.4 is 14.8 Å². The topological polar surface area (TPSA) is 152 Å². The van der Waals surface area contributed by atoms with Crippen molar-refractivity contribution in [3.05, 3.63) is 72.1 Å². The van der Waals surface area contributed by atoms with E-state index in [0.717, 1.165) is 42.1 Å². The monoisotopic (exact) mass is 826 g/mol. The largest absolute Gasteiger partial charge is 0.483 e. The minimum atomic E-state index is -4.01. The van der Waals surface area contributed by atoms with Crippen molar-refractivity contribution >= 4 is 44.4 Å². The van der Waals surface area contributed by atoms with Gasteiger partial charge in [0.2, 0.25) is 21.8 Å². The van der Waals surface area contributed by atoms with Gasteiger partial charge in [-0.2, -0.15) is 0 Å². The summed E-state index contributed by atoms with van der Waals surface area (Å²) in [5.74, 6) is -2.77. The summed E-state index contributed by atoms with van der Waals surface area (Å²) >= 11 is 0. The van der Waals surface area contributed by atoms with Crippen LogP contribution in [-0.2, 0) is 35.6 Å². The first-order valence-corrected chi connectivity index (χ1v) is 22.6. The van der Waals surface area contributed by atoms with Crippen molar-refractivity contribution in [2.24, 2.45) is 17.3 Å². The standard InChI is InChI=1S/C46H55FN4O7S/c1-43(2,3)26-33(52)24-30-13-8-6-5-7-9-15-31-25-46(31,42(55)50-59(56,57)44(4)21-22-44)49-40(53)37-27-45(28-51(37)41(30)54)20-19-35-34-17-10-11-18-36(34)48-38(39(35)58-45)29-14-12-16-32(47)23-29/h9-12,14-18,23,30-31,37H,5-8,13,19-22,24-28H2,1-4H3,(H,49,53)(H,50,55)/b15-9-/t30-,31-,37+,45-,46-/m1/s1. The Morgan fingerprint density at radius 1 is 1.03 bits per heavy atom. The lowest BCUT2D eigenvalue weighted by molar-refractivity contribution is -0.144. The molecular formula is C46H55FN4O7S. The summed E-state index contributed by atoms with van der Waals surface area (Å²) in [6, 6.07) is 12.8. The van der Waals surface area contributed by atoms with Crippen molar-refractivity contribution in [1.29, 1.82) is 0 Å². The van der Waals surface area contributed by atoms with Crippen molar-refractivity contribution in [2.75, 3.05) is 6.54 Å². The second kappa shape index (κ2) is 15.1. The fourth-order valence-corrected chi connectivity index (χ4v) is 10.7. The lowest BCUT2D eigenvalue weighted by Gasteiger charge is -2.37. The van der Waals surface area contributed by atoms with Crippen LogP contribution in [-0.4, -0.2) is 70.3 Å². The molecule has 5 atom stereocenters. The Hall–Kier alpha value is -4.65. The van der Waals surface area contributed by atoms with E-state index in [9.17, 15) is 27.2 Å². The average molecular weight is 827 g/mol. The highest BCUT2D eigenvalue weighted by Crippen LogP contribution is 2.50. The number of nitrogens with zero attached hydrogens (tertiary/aromatic N) is 2. The van der Waals surface area contributed by atoms with Crippen molar-refractivity contribution in [2.45, 2.75) is 133 Å². The molecule has 4 heterocycles. The number of fused-ring (bicyclic) bond motifs is 5. The maximum atomic E-state index is 15.0. The summed E-state index contributed by atoms with van der Waals surface area (Å²) in [4.78, 5) is 64.0. The number of amides is 3. The highest BCUT2D eigenvalue weighted by molar-refractivity contribution is 7.91. The molecular weight excluding hydrogens is 772 g/mol. The summed E-state index contributed by atoms with van der Waals surface area (Å²) in [6.45, 7) is 7.61. The lowest BCUT2D eigenvalue weighted by Crippen LogP contribution is -2.57. The highest BCUT2D eigenvalue weighted by Gasteiger charge is 2.64. The number of benzene rings is 2. The molecule has 59 heavy (non-hydrogen) atoms. The number of hydrogen-bond donors (Lipinski definition) is 2. The Balaban J connectivity index is 1.18. The van der Waals surface area contributed by atoms with Crippen LogP contribution >= 0.6 is 0 Å². The second-order valence-electron chi connectivity index (χ2n) is 19.2. The van der Waals surface area contributed by atoms with Crippen LogP contribution in [0.5, 0.6) is 5.75 Å². The van der Waals surface area contributed by atoms with Gasteiger partial charge in [0.1, 0.15) is 40.2 Å². The third-order valence-electron chi connectivity index (χ3n) is 13.1. The summed E-state index contributed by atoms with van der Waals surface area (Å²) in [7, 11) is -4.01. The van der Waals surface area contributed by atoms with Gasteiger partial charge in [0.25, 0.3) is 5.91 Å². The SMILES string of the molecule is CC(C)(C)CC(=O)C[C@H]1CCCCC/C=C\[C@@H]2C[C@@]2(C(=O)NS(=O)(=O)C2(C)CC2)NC(=O)[C@@H]2C[C@]3(CCc4c(c(-c5cccc(F)c5)nc5ccccc45)O3)CN2C1=O. The number of sulfonamides is 1. The molecule has 0 radical (unpaired) electrons. The number of nitrogens with one attached hydrogen (secondary N) is 2. The van der Waals surface area contributed by atoms with Crippen LogP contribution in [0.2, 0.25) is 0 Å². The first kappa shape index (κ1) is 41.1. The molecule has 11 nitrogen and oxygen atoms in total. The molecule has 5 aliphatic rings. The average Bonchev–Trinajstić information content (AvgIpc) is 4.07. The van der Waals surface area contributed by atoms with Crippen LogP contribution in [0.4, 0.5) is 4.39 Å². The van der Waals surface area contributed by atoms with Crippen molar-refractivity contribution in [1.82, 2.24) is 19.9 Å². The quantitative estimate of drug-likeness (QED) is 0.239. The number of aryl methyl sites for hydroxylation is 1. The van der Waals surface area contributed by atoms with Gasteiger partial charge in [0.05, 0.1) is 16.8 Å². The van der Waals surface area contributed by atoms with Gasteiger partial charge in [-0.1, -0.05) is 76.1 Å². The first-order valence-electron chi connectivity index (χ1n) is 21.2. The van der Waals surface area contributed by atoms with Crippen molar-refractivity contribution in [3.8, 4) is 17.0 Å². The number of hydrogen-bond acceptors (Lipinski definition) is 8. The van der Waals surface area contributed by atoms with E-state index in [1.54, 1.807) is 24.0 Å². The highest BCUT2D eigenvalue weighted by atomic mass is 32.2. The number of halogens is 1. The van der Waals surface area contributed by atoms with Gasteiger partial charge >= 0.3 is 0 Å². The molecule has 2 saturated carbocycles. The van der Waals surface area contributed by atoms with Crippen LogP contribution in [0, 0.1) is 23.1 Å². The number of rotatable bonds is 7. The minimum Gasteiger partial charge on any atom is -0.483 e. The predicted octanol–water partition coefficient (Wildman–Crippen LogP) is 7.11. The first-order chi connectivity index (χ1) is 27.9. The zero-order valence-electron chi connectivity index (χ0n) is 34.4. The van der Waals surface area contributed by atoms with E-state index in [1.165, 1.54) is 12.1 Å². The summed E-state index contributed by atoms with van der Waals surface area (Å²) in [5.41, 5.74) is -0.240. The smallest absolute Gasteiger partial charge is 0.259 e. The van der Waals surface area contributed by atoms with E-state index in [2.05, 4.69) is 10.0 Å². The molecule has 3 aromatic rings. The predicted molar refractivity (Wildman–Crippen MR) is 222 cm³/mol. The number of ether oxygens (including phenoxy) is 1. The fraction of sp³-hybridized carbons (Fsp3) is 0.543. The maximum Gasteiger partial charge on any atom is 0.259 e. The van der Waals surface area contributed by atoms with E-state index in [-0.39, 0.29) is 42.9 Å². The number of ketones is 1. The molecule has 1 aromatic heterocycles. The molecule has 1 spiro atoms. The zero-order valence-corrected chi connectivity index (χ0v) is 35.3. The van der Waals surface area contributed by atoms with Crippen LogP contribution in [0.15, 0.2) is 60.7 Å². The number of aromatic nitrogens is 1. The van der Waals surface area contributed by atoms with Gasteiger partial charge in [-0.05, 0) is 81.9 Å². The van der Waals surface area contributed by atoms with Gasteiger partial charge in [-0.25, -0.2) is 17.8 Å². The van der Waals surface area contributed by atoms with E-state index in [0.29, 0.717) is 55.5 Å². The molecule has 2 aliphatic carbocycles. The van der Waals surface area contributed by atoms with Gasteiger partial charge in [0, 0.05) is 47.6 Å². The Bertz CT molecular complexity index is 2350.